The molecule has 0 spiro atoms. The van der Waals surface area contributed by atoms with Gasteiger partial charge in [0, 0.05) is 25.4 Å². The second kappa shape index (κ2) is 6.39. The van der Waals surface area contributed by atoms with Crippen LogP contribution in [0.1, 0.15) is 30.1 Å². The SMILES string of the molecule is CCOC1CCCN(C(=O)c2cccc(N)c2Br)C1. The molecule has 1 aromatic carbocycles. The molecule has 2 rings (SSSR count). The Hall–Kier alpha value is -1.07. The zero-order chi connectivity index (χ0) is 13.8. The highest BCUT2D eigenvalue weighted by atomic mass is 79.9. The first-order valence-electron chi connectivity index (χ1n) is 6.58. The van der Waals surface area contributed by atoms with Gasteiger partial charge in [-0.1, -0.05) is 6.07 Å². The second-order valence-corrected chi connectivity index (χ2v) is 5.47. The van der Waals surface area contributed by atoms with E-state index in [1.54, 1.807) is 18.2 Å². The van der Waals surface area contributed by atoms with Gasteiger partial charge in [-0.25, -0.2) is 0 Å². The fourth-order valence-electron chi connectivity index (χ4n) is 2.38. The van der Waals surface area contributed by atoms with Gasteiger partial charge in [0.25, 0.3) is 5.91 Å². The molecule has 19 heavy (non-hydrogen) atoms. The molecule has 0 aliphatic carbocycles. The van der Waals surface area contributed by atoms with Crippen molar-refractivity contribution in [3.8, 4) is 0 Å². The Labute approximate surface area is 122 Å². The Kier molecular flexibility index (Phi) is 4.82. The van der Waals surface area contributed by atoms with Gasteiger partial charge in [-0.15, -0.1) is 0 Å². The third-order valence-corrected chi connectivity index (χ3v) is 4.21. The summed E-state index contributed by atoms with van der Waals surface area (Å²) in [7, 11) is 0. The highest BCUT2D eigenvalue weighted by molar-refractivity contribution is 9.10. The molecule has 5 heteroatoms. The van der Waals surface area contributed by atoms with Crippen molar-refractivity contribution < 1.29 is 9.53 Å². The van der Waals surface area contributed by atoms with E-state index in [1.165, 1.54) is 0 Å². The molecule has 1 heterocycles. The molecule has 1 atom stereocenters. The molecule has 1 aromatic rings. The van der Waals surface area contributed by atoms with Crippen LogP contribution in [-0.4, -0.2) is 36.6 Å². The second-order valence-electron chi connectivity index (χ2n) is 4.68. The van der Waals surface area contributed by atoms with Crippen molar-refractivity contribution in [2.45, 2.75) is 25.9 Å². The number of benzene rings is 1. The summed E-state index contributed by atoms with van der Waals surface area (Å²) in [6, 6.07) is 5.38. The molecule has 1 fully saturated rings. The summed E-state index contributed by atoms with van der Waals surface area (Å²) in [6.07, 6.45) is 2.16. The number of likely N-dealkylation sites (tertiary alicyclic amines) is 1. The summed E-state index contributed by atoms with van der Waals surface area (Å²) < 4.78 is 6.30. The molecule has 0 radical (unpaired) electrons. The quantitative estimate of drug-likeness (QED) is 0.869. The van der Waals surface area contributed by atoms with E-state index in [4.69, 9.17) is 10.5 Å². The Morgan fingerprint density at radius 3 is 3.11 bits per heavy atom. The number of amides is 1. The molecule has 4 nitrogen and oxygen atoms in total. The van der Waals surface area contributed by atoms with Gasteiger partial charge in [-0.05, 0) is 47.8 Å². The maximum absolute atomic E-state index is 12.5. The van der Waals surface area contributed by atoms with Crippen molar-refractivity contribution in [3.05, 3.63) is 28.2 Å². The standard InChI is InChI=1S/C14H19BrN2O2/c1-2-19-10-5-4-8-17(9-10)14(18)11-6-3-7-12(16)13(11)15/h3,6-7,10H,2,4-5,8-9,16H2,1H3. The van der Waals surface area contributed by atoms with Crippen LogP contribution < -0.4 is 5.73 Å². The molecule has 0 bridgehead atoms. The third kappa shape index (κ3) is 3.28. The first kappa shape index (κ1) is 14.3. The lowest BCUT2D eigenvalue weighted by Crippen LogP contribution is -2.43. The monoisotopic (exact) mass is 326 g/mol. The maximum Gasteiger partial charge on any atom is 0.255 e. The molecule has 1 aliphatic heterocycles. The Morgan fingerprint density at radius 2 is 2.37 bits per heavy atom. The number of nitrogen functional groups attached to an aromatic ring is 1. The van der Waals surface area contributed by atoms with Crippen LogP contribution in [0.15, 0.2) is 22.7 Å². The number of halogens is 1. The van der Waals surface area contributed by atoms with Crippen LogP contribution in [0.2, 0.25) is 0 Å². The first-order valence-corrected chi connectivity index (χ1v) is 7.37. The van der Waals surface area contributed by atoms with Crippen LogP contribution in [0, 0.1) is 0 Å². The van der Waals surface area contributed by atoms with Gasteiger partial charge >= 0.3 is 0 Å². The van der Waals surface area contributed by atoms with Crippen molar-refractivity contribution in [2.75, 3.05) is 25.4 Å². The summed E-state index contributed by atoms with van der Waals surface area (Å²) in [5.41, 5.74) is 7.03. The average Bonchev–Trinajstić information content (AvgIpc) is 2.42. The zero-order valence-corrected chi connectivity index (χ0v) is 12.6. The number of hydrogen-bond acceptors (Lipinski definition) is 3. The van der Waals surface area contributed by atoms with E-state index in [0.29, 0.717) is 28.9 Å². The van der Waals surface area contributed by atoms with E-state index < -0.39 is 0 Å². The van der Waals surface area contributed by atoms with Crippen molar-refractivity contribution in [2.24, 2.45) is 0 Å². The lowest BCUT2D eigenvalue weighted by atomic mass is 10.1. The van der Waals surface area contributed by atoms with Crippen LogP contribution >= 0.6 is 15.9 Å². The van der Waals surface area contributed by atoms with E-state index in [1.807, 2.05) is 11.8 Å². The van der Waals surface area contributed by atoms with Gasteiger partial charge in [0.15, 0.2) is 0 Å². The van der Waals surface area contributed by atoms with E-state index in [9.17, 15) is 4.79 Å². The summed E-state index contributed by atoms with van der Waals surface area (Å²) in [4.78, 5) is 14.4. The van der Waals surface area contributed by atoms with Crippen LogP contribution in [0.25, 0.3) is 0 Å². The molecule has 1 unspecified atom stereocenters. The highest BCUT2D eigenvalue weighted by Gasteiger charge is 2.26. The number of anilines is 1. The number of piperidine rings is 1. The van der Waals surface area contributed by atoms with E-state index >= 15 is 0 Å². The molecule has 0 saturated carbocycles. The minimum Gasteiger partial charge on any atom is -0.398 e. The van der Waals surface area contributed by atoms with Gasteiger partial charge in [0.2, 0.25) is 0 Å². The van der Waals surface area contributed by atoms with Crippen molar-refractivity contribution in [3.63, 3.8) is 0 Å². The number of hydrogen-bond donors (Lipinski definition) is 1. The van der Waals surface area contributed by atoms with Gasteiger partial charge in [0.1, 0.15) is 0 Å². The van der Waals surface area contributed by atoms with Crippen molar-refractivity contribution >= 4 is 27.5 Å². The Balaban J connectivity index is 2.12. The predicted molar refractivity (Wildman–Crippen MR) is 79.1 cm³/mol. The van der Waals surface area contributed by atoms with Gasteiger partial charge in [-0.3, -0.25) is 4.79 Å². The predicted octanol–water partition coefficient (Wildman–Crippen LogP) is 2.67. The van der Waals surface area contributed by atoms with E-state index in [2.05, 4.69) is 15.9 Å². The average molecular weight is 327 g/mol. The number of nitrogens with two attached hydrogens (primary N) is 1. The van der Waals surface area contributed by atoms with Crippen LogP contribution in [0.3, 0.4) is 0 Å². The molecule has 1 amide bonds. The molecule has 1 saturated heterocycles. The number of carbonyl (C=O) groups is 1. The van der Waals surface area contributed by atoms with Gasteiger partial charge in [-0.2, -0.15) is 0 Å². The Bertz CT molecular complexity index is 463. The third-order valence-electron chi connectivity index (χ3n) is 3.33. The fraction of sp³-hybridized carbons (Fsp3) is 0.500. The van der Waals surface area contributed by atoms with Crippen molar-refractivity contribution in [1.82, 2.24) is 4.90 Å². The van der Waals surface area contributed by atoms with Crippen molar-refractivity contribution in [1.29, 1.82) is 0 Å². The summed E-state index contributed by atoms with van der Waals surface area (Å²) in [5, 5.41) is 0. The highest BCUT2D eigenvalue weighted by Crippen LogP contribution is 2.26. The minimum absolute atomic E-state index is 0.0172. The summed E-state index contributed by atoms with van der Waals surface area (Å²) in [5.74, 6) is 0.0172. The van der Waals surface area contributed by atoms with Crippen LogP contribution in [0.4, 0.5) is 5.69 Å². The topological polar surface area (TPSA) is 55.6 Å². The molecule has 0 aromatic heterocycles. The lowest BCUT2D eigenvalue weighted by Gasteiger charge is -2.32. The maximum atomic E-state index is 12.5. The first-order chi connectivity index (χ1) is 9.13. The van der Waals surface area contributed by atoms with Gasteiger partial charge < -0.3 is 15.4 Å². The largest absolute Gasteiger partial charge is 0.398 e. The molecular weight excluding hydrogens is 308 g/mol. The van der Waals surface area contributed by atoms with E-state index in [0.717, 1.165) is 19.4 Å². The molecule has 104 valence electrons. The molecule has 1 aliphatic rings. The smallest absolute Gasteiger partial charge is 0.255 e. The van der Waals surface area contributed by atoms with Gasteiger partial charge in [0.05, 0.1) is 16.1 Å². The van der Waals surface area contributed by atoms with Crippen LogP contribution in [0.5, 0.6) is 0 Å². The van der Waals surface area contributed by atoms with Crippen LogP contribution in [-0.2, 0) is 4.74 Å². The minimum atomic E-state index is 0.0172. The Morgan fingerprint density at radius 1 is 1.58 bits per heavy atom. The normalized spacial score (nSPS) is 19.5. The summed E-state index contributed by atoms with van der Waals surface area (Å²) >= 11 is 3.39. The fourth-order valence-corrected chi connectivity index (χ4v) is 2.81. The number of ether oxygens (including phenoxy) is 1. The lowest BCUT2D eigenvalue weighted by molar-refractivity contribution is 0.00721. The summed E-state index contributed by atoms with van der Waals surface area (Å²) in [6.45, 7) is 4.11. The van der Waals surface area contributed by atoms with E-state index in [-0.39, 0.29) is 12.0 Å². The number of nitrogens with zero attached hydrogens (tertiary/aromatic N) is 1. The molecule has 2 N–H and O–H groups in total. The molecular formula is C14H19BrN2O2. The number of rotatable bonds is 3. The zero-order valence-electron chi connectivity index (χ0n) is 11.1. The number of carbonyl (C=O) groups excluding carboxylic acids is 1.